The zero-order valence-electron chi connectivity index (χ0n) is 24.0. The minimum absolute atomic E-state index is 0.0660. The van der Waals surface area contributed by atoms with Crippen LogP contribution >= 0.6 is 11.6 Å². The van der Waals surface area contributed by atoms with Gasteiger partial charge in [-0.1, -0.05) is 74.2 Å². The highest BCUT2D eigenvalue weighted by atomic mass is 35.5. The standard InChI is InChI=1S/C32H38ClN3O5S/c1-3-30(32(38)34-25-13-6-4-7-14-25)35(22-24-12-10-11-17-29(24)33)31(37)23-36(42(2,39)40)26-18-20-28(21-19-26)41-27-15-8-5-9-16-27/h5,8-12,15-21,25,30H,3-4,6-7,13-14,22-23H2,1-2H3,(H,34,38). The third-order valence-electron chi connectivity index (χ3n) is 7.42. The van der Waals surface area contributed by atoms with Crippen LogP contribution in [-0.2, 0) is 26.2 Å². The fraction of sp³-hybridized carbons (Fsp3) is 0.375. The lowest BCUT2D eigenvalue weighted by Crippen LogP contribution is -2.54. The Morgan fingerprint density at radius 3 is 2.17 bits per heavy atom. The predicted octanol–water partition coefficient (Wildman–Crippen LogP) is 6.15. The molecule has 10 heteroatoms. The van der Waals surface area contributed by atoms with Crippen LogP contribution < -0.4 is 14.4 Å². The molecule has 4 rings (SSSR count). The summed E-state index contributed by atoms with van der Waals surface area (Å²) in [6.07, 6.45) is 6.50. The largest absolute Gasteiger partial charge is 0.457 e. The summed E-state index contributed by atoms with van der Waals surface area (Å²) >= 11 is 6.45. The van der Waals surface area contributed by atoms with Gasteiger partial charge in [-0.15, -0.1) is 0 Å². The van der Waals surface area contributed by atoms with Crippen LogP contribution in [0.1, 0.15) is 51.0 Å². The predicted molar refractivity (Wildman–Crippen MR) is 166 cm³/mol. The smallest absolute Gasteiger partial charge is 0.244 e. The highest BCUT2D eigenvalue weighted by Gasteiger charge is 2.33. The van der Waals surface area contributed by atoms with Crippen molar-refractivity contribution < 1.29 is 22.7 Å². The maximum Gasteiger partial charge on any atom is 0.244 e. The maximum absolute atomic E-state index is 14.0. The van der Waals surface area contributed by atoms with E-state index in [4.69, 9.17) is 16.3 Å². The van der Waals surface area contributed by atoms with Crippen molar-refractivity contribution in [1.29, 1.82) is 0 Å². The van der Waals surface area contributed by atoms with E-state index in [2.05, 4.69) is 5.32 Å². The molecule has 0 aromatic heterocycles. The summed E-state index contributed by atoms with van der Waals surface area (Å²) in [5, 5.41) is 3.60. The number of rotatable bonds is 12. The molecule has 0 spiro atoms. The minimum Gasteiger partial charge on any atom is -0.457 e. The molecule has 1 fully saturated rings. The number of carbonyl (C=O) groups excluding carboxylic acids is 2. The van der Waals surface area contributed by atoms with Gasteiger partial charge in [-0.25, -0.2) is 8.42 Å². The Balaban J connectivity index is 1.58. The lowest BCUT2D eigenvalue weighted by Gasteiger charge is -2.34. The number of para-hydroxylation sites is 1. The van der Waals surface area contributed by atoms with Gasteiger partial charge in [0.05, 0.1) is 11.9 Å². The molecule has 0 radical (unpaired) electrons. The van der Waals surface area contributed by atoms with Crippen molar-refractivity contribution in [2.75, 3.05) is 17.1 Å². The van der Waals surface area contributed by atoms with Gasteiger partial charge in [-0.3, -0.25) is 13.9 Å². The zero-order valence-corrected chi connectivity index (χ0v) is 25.6. The van der Waals surface area contributed by atoms with Crippen LogP contribution in [0.15, 0.2) is 78.9 Å². The van der Waals surface area contributed by atoms with Crippen molar-refractivity contribution in [3.63, 3.8) is 0 Å². The molecule has 0 heterocycles. The van der Waals surface area contributed by atoms with E-state index in [0.29, 0.717) is 34.2 Å². The Kier molecular flexibility index (Phi) is 10.9. The number of benzene rings is 3. The first-order valence-electron chi connectivity index (χ1n) is 14.3. The number of hydrogen-bond donors (Lipinski definition) is 1. The van der Waals surface area contributed by atoms with Gasteiger partial charge in [-0.2, -0.15) is 0 Å². The van der Waals surface area contributed by atoms with Gasteiger partial charge in [0, 0.05) is 17.6 Å². The maximum atomic E-state index is 14.0. The molecule has 0 bridgehead atoms. The summed E-state index contributed by atoms with van der Waals surface area (Å²) in [5.41, 5.74) is 0.980. The lowest BCUT2D eigenvalue weighted by atomic mass is 9.95. The quantitative estimate of drug-likeness (QED) is 0.265. The molecule has 1 unspecified atom stereocenters. The van der Waals surface area contributed by atoms with Crippen LogP contribution in [0.3, 0.4) is 0 Å². The molecular formula is C32H38ClN3O5S. The summed E-state index contributed by atoms with van der Waals surface area (Å²) in [5.74, 6) is 0.428. The van der Waals surface area contributed by atoms with Crippen LogP contribution in [0.5, 0.6) is 11.5 Å². The van der Waals surface area contributed by atoms with Gasteiger partial charge >= 0.3 is 0 Å². The molecule has 8 nitrogen and oxygen atoms in total. The SMILES string of the molecule is CCC(C(=O)NC1CCCCC1)N(Cc1ccccc1Cl)C(=O)CN(c1ccc(Oc2ccccc2)cc1)S(C)(=O)=O. The fourth-order valence-corrected chi connectivity index (χ4v) is 6.24. The van der Waals surface area contributed by atoms with Gasteiger partial charge in [0.15, 0.2) is 0 Å². The molecule has 1 saturated carbocycles. The molecule has 1 aliphatic rings. The molecule has 224 valence electrons. The van der Waals surface area contributed by atoms with Crippen molar-refractivity contribution in [3.8, 4) is 11.5 Å². The molecular weight excluding hydrogens is 574 g/mol. The average Bonchev–Trinajstić information content (AvgIpc) is 2.97. The third-order valence-corrected chi connectivity index (χ3v) is 8.93. The third kappa shape index (κ3) is 8.49. The number of halogens is 1. The van der Waals surface area contributed by atoms with Gasteiger partial charge in [0.1, 0.15) is 24.1 Å². The van der Waals surface area contributed by atoms with E-state index in [-0.39, 0.29) is 18.5 Å². The Hall–Kier alpha value is -3.56. The van der Waals surface area contributed by atoms with E-state index in [1.54, 1.807) is 42.5 Å². The molecule has 1 atom stereocenters. The van der Waals surface area contributed by atoms with E-state index in [1.165, 1.54) is 4.90 Å². The summed E-state index contributed by atoms with van der Waals surface area (Å²) in [4.78, 5) is 28.9. The number of hydrogen-bond acceptors (Lipinski definition) is 5. The minimum atomic E-state index is -3.86. The second-order valence-electron chi connectivity index (χ2n) is 10.6. The van der Waals surface area contributed by atoms with Gasteiger partial charge in [0.25, 0.3) is 0 Å². The first-order valence-corrected chi connectivity index (χ1v) is 16.5. The highest BCUT2D eigenvalue weighted by Crippen LogP contribution is 2.27. The number of anilines is 1. The fourth-order valence-electron chi connectivity index (χ4n) is 5.19. The molecule has 42 heavy (non-hydrogen) atoms. The summed E-state index contributed by atoms with van der Waals surface area (Å²) in [6.45, 7) is 1.43. The van der Waals surface area contributed by atoms with Crippen LogP contribution in [0, 0.1) is 0 Å². The number of ether oxygens (including phenoxy) is 1. The van der Waals surface area contributed by atoms with Gasteiger partial charge in [-0.05, 0) is 67.3 Å². The molecule has 0 saturated heterocycles. The van der Waals surface area contributed by atoms with Crippen molar-refractivity contribution in [3.05, 3.63) is 89.4 Å². The van der Waals surface area contributed by atoms with Gasteiger partial charge in [0.2, 0.25) is 21.8 Å². The number of nitrogens with one attached hydrogen (secondary N) is 1. The summed E-state index contributed by atoms with van der Waals surface area (Å²) < 4.78 is 32.8. The van der Waals surface area contributed by atoms with E-state index in [1.807, 2.05) is 43.3 Å². The lowest BCUT2D eigenvalue weighted by molar-refractivity contribution is -0.140. The Morgan fingerprint density at radius 2 is 1.55 bits per heavy atom. The van der Waals surface area contributed by atoms with Crippen LogP contribution in [0.4, 0.5) is 5.69 Å². The molecule has 1 N–H and O–H groups in total. The van der Waals surface area contributed by atoms with Gasteiger partial charge < -0.3 is 15.0 Å². The molecule has 3 aromatic rings. The van der Waals surface area contributed by atoms with E-state index < -0.39 is 28.5 Å². The first kappa shape index (κ1) is 31.4. The Bertz CT molecular complexity index is 1440. The monoisotopic (exact) mass is 611 g/mol. The van der Waals surface area contributed by atoms with Crippen LogP contribution in [-0.4, -0.2) is 50.0 Å². The van der Waals surface area contributed by atoms with Crippen molar-refractivity contribution >= 4 is 39.1 Å². The molecule has 2 amide bonds. The molecule has 3 aromatic carbocycles. The Morgan fingerprint density at radius 1 is 0.929 bits per heavy atom. The normalized spacial score (nSPS) is 14.5. The number of sulfonamides is 1. The topological polar surface area (TPSA) is 96.0 Å². The highest BCUT2D eigenvalue weighted by molar-refractivity contribution is 7.92. The molecule has 1 aliphatic carbocycles. The summed E-state index contributed by atoms with van der Waals surface area (Å²) in [6, 6.07) is 22.1. The second-order valence-corrected chi connectivity index (χ2v) is 12.9. The van der Waals surface area contributed by atoms with E-state index in [9.17, 15) is 18.0 Å². The van der Waals surface area contributed by atoms with E-state index in [0.717, 1.165) is 42.7 Å². The van der Waals surface area contributed by atoms with Crippen LogP contribution in [0.2, 0.25) is 5.02 Å². The average molecular weight is 612 g/mol. The zero-order chi connectivity index (χ0) is 30.1. The van der Waals surface area contributed by atoms with Crippen molar-refractivity contribution in [2.24, 2.45) is 0 Å². The van der Waals surface area contributed by atoms with E-state index >= 15 is 0 Å². The Labute approximate surface area is 253 Å². The summed E-state index contributed by atoms with van der Waals surface area (Å²) in [7, 11) is -3.86. The number of nitrogens with zero attached hydrogens (tertiary/aromatic N) is 2. The number of amides is 2. The molecule has 0 aliphatic heterocycles. The second kappa shape index (κ2) is 14.6. The number of carbonyl (C=O) groups is 2. The van der Waals surface area contributed by atoms with Crippen molar-refractivity contribution in [1.82, 2.24) is 10.2 Å². The first-order chi connectivity index (χ1) is 20.2. The van der Waals surface area contributed by atoms with Crippen LogP contribution in [0.25, 0.3) is 0 Å². The van der Waals surface area contributed by atoms with Crippen molar-refractivity contribution in [2.45, 2.75) is 64.1 Å².